The van der Waals surface area contributed by atoms with Gasteiger partial charge in [-0.1, -0.05) is 24.6 Å². The Kier molecular flexibility index (Phi) is 6.32. The topological polar surface area (TPSA) is 71.8 Å². The number of rotatable bonds is 8. The van der Waals surface area contributed by atoms with Gasteiger partial charge in [-0.15, -0.1) is 0 Å². The number of likely N-dealkylation sites (tertiary alicyclic amines) is 1. The van der Waals surface area contributed by atoms with E-state index in [-0.39, 0.29) is 28.7 Å². The quantitative estimate of drug-likeness (QED) is 0.637. The number of carboxylic acids is 1. The van der Waals surface area contributed by atoms with Crippen molar-refractivity contribution in [1.29, 1.82) is 0 Å². The highest BCUT2D eigenvalue weighted by molar-refractivity contribution is 5.87. The molecule has 3 aliphatic carbocycles. The van der Waals surface area contributed by atoms with Crippen LogP contribution in [0.1, 0.15) is 68.3 Å². The molecule has 2 heterocycles. The number of aromatic nitrogens is 1. The van der Waals surface area contributed by atoms with E-state index in [1.807, 2.05) is 0 Å². The van der Waals surface area contributed by atoms with E-state index in [9.17, 15) is 9.59 Å². The molecule has 6 heteroatoms. The van der Waals surface area contributed by atoms with E-state index in [0.29, 0.717) is 5.92 Å². The van der Waals surface area contributed by atoms with E-state index in [2.05, 4.69) is 30.1 Å². The molecule has 1 N–H and O–H groups in total. The van der Waals surface area contributed by atoms with E-state index in [1.165, 1.54) is 49.8 Å². The predicted molar refractivity (Wildman–Crippen MR) is 128 cm³/mol. The fourth-order valence-corrected chi connectivity index (χ4v) is 6.11. The van der Waals surface area contributed by atoms with Crippen LogP contribution in [-0.2, 0) is 4.74 Å². The molecule has 1 saturated heterocycles. The van der Waals surface area contributed by atoms with Crippen LogP contribution < -0.4 is 5.56 Å². The van der Waals surface area contributed by atoms with Crippen LogP contribution in [0.5, 0.6) is 0 Å². The third-order valence-corrected chi connectivity index (χ3v) is 8.33. The molecule has 3 fully saturated rings. The largest absolute Gasteiger partial charge is 0.478 e. The highest BCUT2D eigenvalue weighted by atomic mass is 16.5. The summed E-state index contributed by atoms with van der Waals surface area (Å²) in [5.41, 5.74) is 1.41. The number of hydrogen-bond acceptors (Lipinski definition) is 4. The first-order valence-corrected chi connectivity index (χ1v) is 12.7. The summed E-state index contributed by atoms with van der Waals surface area (Å²) in [6.07, 6.45) is 17.4. The van der Waals surface area contributed by atoms with Crippen molar-refractivity contribution >= 4 is 5.97 Å². The van der Waals surface area contributed by atoms with Crippen molar-refractivity contribution < 1.29 is 14.6 Å². The maximum atomic E-state index is 12.5. The average Bonchev–Trinajstić information content (AvgIpc) is 3.60. The number of carboxylic acid groups (broad SMARTS) is 1. The van der Waals surface area contributed by atoms with Gasteiger partial charge in [0.1, 0.15) is 0 Å². The minimum Gasteiger partial charge on any atom is -0.478 e. The molecule has 0 amide bonds. The fourth-order valence-electron chi connectivity index (χ4n) is 6.11. The number of carbonyl (C=O) groups is 1. The number of ether oxygens (including phenoxy) is 1. The molecule has 2 atom stereocenters. The molecule has 0 spiro atoms. The lowest BCUT2D eigenvalue weighted by Crippen LogP contribution is -2.53. The zero-order chi connectivity index (χ0) is 23.0. The standard InChI is InChI=1S/C27H36N2O4/c1-2-33-24-9-8-21(19-6-7-19)17-27(24,22-4-3-5-22)18-28-13-11-23(12-14-28)29-15-10-20(26(31)32)16-25(29)30/h8-10,15-17,19,22-24H,2-7,11-14,18H2,1H3,(H,31,32). The Morgan fingerprint density at radius 3 is 2.52 bits per heavy atom. The van der Waals surface area contributed by atoms with Crippen LogP contribution in [0.3, 0.4) is 0 Å². The molecule has 0 aromatic carbocycles. The highest BCUT2D eigenvalue weighted by Gasteiger charge is 2.49. The van der Waals surface area contributed by atoms with Crippen LogP contribution in [0.4, 0.5) is 0 Å². The number of pyridine rings is 1. The van der Waals surface area contributed by atoms with Gasteiger partial charge in [-0.25, -0.2) is 4.79 Å². The molecule has 2 unspecified atom stereocenters. The molecule has 33 heavy (non-hydrogen) atoms. The van der Waals surface area contributed by atoms with Gasteiger partial charge in [-0.2, -0.15) is 0 Å². The first-order valence-electron chi connectivity index (χ1n) is 12.7. The normalized spacial score (nSPS) is 29.0. The summed E-state index contributed by atoms with van der Waals surface area (Å²) < 4.78 is 8.06. The van der Waals surface area contributed by atoms with Crippen molar-refractivity contribution in [2.75, 3.05) is 26.2 Å². The van der Waals surface area contributed by atoms with Gasteiger partial charge in [0.15, 0.2) is 0 Å². The molecule has 0 bridgehead atoms. The zero-order valence-electron chi connectivity index (χ0n) is 19.6. The van der Waals surface area contributed by atoms with E-state index in [4.69, 9.17) is 9.84 Å². The summed E-state index contributed by atoms with van der Waals surface area (Å²) in [5, 5.41) is 9.14. The smallest absolute Gasteiger partial charge is 0.335 e. The first-order chi connectivity index (χ1) is 16.0. The summed E-state index contributed by atoms with van der Waals surface area (Å²) in [7, 11) is 0. The first kappa shape index (κ1) is 22.6. The molecular formula is C27H36N2O4. The number of piperidine rings is 1. The Balaban J connectivity index is 1.32. The molecule has 178 valence electrons. The van der Waals surface area contributed by atoms with Crippen LogP contribution in [0.2, 0.25) is 0 Å². The van der Waals surface area contributed by atoms with Gasteiger partial charge in [-0.05, 0) is 68.9 Å². The summed E-state index contributed by atoms with van der Waals surface area (Å²) in [5.74, 6) is 0.366. The van der Waals surface area contributed by atoms with E-state index in [1.54, 1.807) is 10.8 Å². The molecule has 1 aromatic heterocycles. The maximum Gasteiger partial charge on any atom is 0.335 e. The van der Waals surface area contributed by atoms with Crippen LogP contribution in [0.15, 0.2) is 46.9 Å². The Hall–Kier alpha value is -2.18. The third kappa shape index (κ3) is 4.47. The molecule has 1 aromatic rings. The highest BCUT2D eigenvalue weighted by Crippen LogP contribution is 2.52. The van der Waals surface area contributed by atoms with Crippen LogP contribution in [0.25, 0.3) is 0 Å². The lowest BCUT2D eigenvalue weighted by molar-refractivity contribution is -0.0547. The number of hydrogen-bond donors (Lipinski definition) is 1. The van der Waals surface area contributed by atoms with Crippen molar-refractivity contribution in [3.8, 4) is 0 Å². The minimum absolute atomic E-state index is 0.0493. The number of nitrogens with zero attached hydrogens (tertiary/aromatic N) is 2. The lowest BCUT2D eigenvalue weighted by Gasteiger charge is -2.51. The van der Waals surface area contributed by atoms with Crippen molar-refractivity contribution in [2.24, 2.45) is 17.3 Å². The van der Waals surface area contributed by atoms with Gasteiger partial charge in [0.2, 0.25) is 0 Å². The Morgan fingerprint density at radius 2 is 1.94 bits per heavy atom. The minimum atomic E-state index is -1.06. The summed E-state index contributed by atoms with van der Waals surface area (Å²) >= 11 is 0. The molecule has 2 saturated carbocycles. The molecule has 5 rings (SSSR count). The SMILES string of the molecule is CCOC1C=CC(C2CC2)=CC1(CN1CCC(n2ccc(C(=O)O)cc2=O)CC1)C1CCC1. The van der Waals surface area contributed by atoms with Gasteiger partial charge < -0.3 is 19.3 Å². The fraction of sp³-hybridized carbons (Fsp3) is 0.630. The van der Waals surface area contributed by atoms with E-state index < -0.39 is 5.97 Å². The van der Waals surface area contributed by atoms with Gasteiger partial charge in [0.25, 0.3) is 5.56 Å². The zero-order valence-corrected chi connectivity index (χ0v) is 19.6. The summed E-state index contributed by atoms with van der Waals surface area (Å²) in [6, 6.07) is 2.90. The predicted octanol–water partition coefficient (Wildman–Crippen LogP) is 4.28. The average molecular weight is 453 g/mol. The second-order valence-corrected chi connectivity index (χ2v) is 10.4. The van der Waals surface area contributed by atoms with Crippen LogP contribution in [-0.4, -0.2) is 52.9 Å². The van der Waals surface area contributed by atoms with Gasteiger partial charge in [0, 0.05) is 50.0 Å². The molecule has 6 nitrogen and oxygen atoms in total. The number of aromatic carboxylic acids is 1. The molecule has 4 aliphatic rings. The Morgan fingerprint density at radius 1 is 1.18 bits per heavy atom. The molecule has 0 radical (unpaired) electrons. The van der Waals surface area contributed by atoms with Gasteiger partial charge in [-0.3, -0.25) is 4.79 Å². The van der Waals surface area contributed by atoms with E-state index in [0.717, 1.165) is 45.0 Å². The summed E-state index contributed by atoms with van der Waals surface area (Å²) in [6.45, 7) is 5.73. The third-order valence-electron chi connectivity index (χ3n) is 8.33. The van der Waals surface area contributed by atoms with Crippen molar-refractivity contribution in [3.63, 3.8) is 0 Å². The maximum absolute atomic E-state index is 12.5. The summed E-state index contributed by atoms with van der Waals surface area (Å²) in [4.78, 5) is 26.2. The lowest BCUT2D eigenvalue weighted by atomic mass is 9.59. The van der Waals surface area contributed by atoms with Gasteiger partial charge in [0.05, 0.1) is 11.7 Å². The number of allylic oxidation sites excluding steroid dienone is 2. The van der Waals surface area contributed by atoms with Crippen molar-refractivity contribution in [1.82, 2.24) is 9.47 Å². The Labute approximate surface area is 195 Å². The Bertz CT molecular complexity index is 996. The monoisotopic (exact) mass is 452 g/mol. The second-order valence-electron chi connectivity index (χ2n) is 10.4. The molecular weight excluding hydrogens is 416 g/mol. The van der Waals surface area contributed by atoms with Crippen molar-refractivity contribution in [3.05, 3.63) is 58.0 Å². The van der Waals surface area contributed by atoms with Crippen LogP contribution >= 0.6 is 0 Å². The molecule has 1 aliphatic heterocycles. The van der Waals surface area contributed by atoms with E-state index >= 15 is 0 Å². The second kappa shape index (κ2) is 9.22. The van der Waals surface area contributed by atoms with Crippen LogP contribution in [0, 0.1) is 17.3 Å². The van der Waals surface area contributed by atoms with Crippen molar-refractivity contribution in [2.45, 2.75) is 64.0 Å². The van der Waals surface area contributed by atoms with Gasteiger partial charge >= 0.3 is 5.97 Å².